The third-order valence-electron chi connectivity index (χ3n) is 5.34. The molecule has 0 radical (unpaired) electrons. The average molecular weight is 326 g/mol. The largest absolute Gasteiger partial charge is 0.346 e. The summed E-state index contributed by atoms with van der Waals surface area (Å²) in [5, 5.41) is 8.56. The fraction of sp³-hybridized carbons (Fsp3) is 0.500. The van der Waals surface area contributed by atoms with Crippen LogP contribution in [0.5, 0.6) is 0 Å². The normalized spacial score (nSPS) is 24.0. The van der Waals surface area contributed by atoms with Gasteiger partial charge >= 0.3 is 0 Å². The molecule has 1 N–H and O–H groups in total. The average Bonchev–Trinajstić information content (AvgIpc) is 3.01. The standard InChI is InChI=1S/C18H22N4O2/c1-21-18(24)13-7-3-2-6-12(13)16(20-21)17(23)19-14-9-11-22-10-5-4-8-15(14)22/h2-3,6-7,14-15H,4-5,8-11H2,1H3,(H,19,23). The zero-order valence-corrected chi connectivity index (χ0v) is 13.9. The molecule has 0 bridgehead atoms. The Morgan fingerprint density at radius 1 is 1.17 bits per heavy atom. The minimum absolute atomic E-state index is 0.176. The summed E-state index contributed by atoms with van der Waals surface area (Å²) in [5.41, 5.74) is 0.156. The summed E-state index contributed by atoms with van der Waals surface area (Å²) >= 11 is 0. The van der Waals surface area contributed by atoms with Gasteiger partial charge in [0.25, 0.3) is 11.5 Å². The molecule has 6 nitrogen and oxygen atoms in total. The number of carbonyl (C=O) groups excluding carboxylic acids is 1. The molecule has 6 heteroatoms. The molecule has 4 rings (SSSR count). The zero-order chi connectivity index (χ0) is 16.7. The van der Waals surface area contributed by atoms with Crippen molar-refractivity contribution < 1.29 is 4.79 Å². The third-order valence-corrected chi connectivity index (χ3v) is 5.34. The van der Waals surface area contributed by atoms with Crippen LogP contribution in [-0.4, -0.2) is 45.8 Å². The van der Waals surface area contributed by atoms with E-state index in [0.717, 1.165) is 25.9 Å². The molecular weight excluding hydrogens is 304 g/mol. The first kappa shape index (κ1) is 15.3. The van der Waals surface area contributed by atoms with Crippen molar-refractivity contribution in [3.05, 3.63) is 40.3 Å². The highest BCUT2D eigenvalue weighted by Gasteiger charge is 2.36. The van der Waals surface area contributed by atoms with Crippen molar-refractivity contribution in [2.75, 3.05) is 13.1 Å². The Bertz CT molecular complexity index is 845. The molecule has 1 amide bonds. The van der Waals surface area contributed by atoms with Gasteiger partial charge in [-0.15, -0.1) is 0 Å². The fourth-order valence-corrected chi connectivity index (χ4v) is 4.12. The van der Waals surface area contributed by atoms with Gasteiger partial charge in [0.2, 0.25) is 0 Å². The van der Waals surface area contributed by atoms with Gasteiger partial charge in [-0.2, -0.15) is 5.10 Å². The van der Waals surface area contributed by atoms with E-state index in [1.807, 2.05) is 12.1 Å². The number of aromatic nitrogens is 2. The van der Waals surface area contributed by atoms with E-state index in [-0.39, 0.29) is 17.5 Å². The number of nitrogens with one attached hydrogen (secondary N) is 1. The number of nitrogens with zero attached hydrogens (tertiary/aromatic N) is 3. The SMILES string of the molecule is Cn1nc(C(=O)NC2CCN3CCCCC23)c2ccccc2c1=O. The molecule has 1 aromatic heterocycles. The van der Waals surface area contributed by atoms with Crippen molar-refractivity contribution >= 4 is 16.7 Å². The first-order chi connectivity index (χ1) is 11.6. The lowest BCUT2D eigenvalue weighted by Gasteiger charge is -2.32. The number of hydrogen-bond donors (Lipinski definition) is 1. The predicted molar refractivity (Wildman–Crippen MR) is 92.1 cm³/mol. The van der Waals surface area contributed by atoms with Gasteiger partial charge in [0.15, 0.2) is 5.69 Å². The van der Waals surface area contributed by atoms with E-state index in [9.17, 15) is 9.59 Å². The Hall–Kier alpha value is -2.21. The number of amides is 1. The molecular formula is C18H22N4O2. The first-order valence-corrected chi connectivity index (χ1v) is 8.66. The second kappa shape index (κ2) is 6.02. The third kappa shape index (κ3) is 2.51. The van der Waals surface area contributed by atoms with Gasteiger partial charge in [-0.3, -0.25) is 14.5 Å². The smallest absolute Gasteiger partial charge is 0.274 e. The molecule has 2 saturated heterocycles. The molecule has 2 fully saturated rings. The lowest BCUT2D eigenvalue weighted by molar-refractivity contribution is 0.0910. The molecule has 2 aliphatic heterocycles. The van der Waals surface area contributed by atoms with Crippen LogP contribution in [0.25, 0.3) is 10.8 Å². The lowest BCUT2D eigenvalue weighted by atomic mass is 9.99. The highest BCUT2D eigenvalue weighted by Crippen LogP contribution is 2.27. The minimum atomic E-state index is -0.181. The molecule has 126 valence electrons. The Morgan fingerprint density at radius 3 is 2.79 bits per heavy atom. The summed E-state index contributed by atoms with van der Waals surface area (Å²) in [6.45, 7) is 2.19. The van der Waals surface area contributed by atoms with Crippen LogP contribution >= 0.6 is 0 Å². The second-order valence-electron chi connectivity index (χ2n) is 6.79. The van der Waals surface area contributed by atoms with Crippen LogP contribution in [0.1, 0.15) is 36.2 Å². The number of rotatable bonds is 2. The molecule has 2 atom stereocenters. The zero-order valence-electron chi connectivity index (χ0n) is 13.9. The monoisotopic (exact) mass is 326 g/mol. The molecule has 0 aliphatic carbocycles. The van der Waals surface area contributed by atoms with Crippen LogP contribution in [-0.2, 0) is 7.05 Å². The highest BCUT2D eigenvalue weighted by molar-refractivity contribution is 6.04. The van der Waals surface area contributed by atoms with Crippen molar-refractivity contribution in [2.24, 2.45) is 7.05 Å². The highest BCUT2D eigenvalue weighted by atomic mass is 16.2. The maximum atomic E-state index is 12.8. The van der Waals surface area contributed by atoms with Crippen molar-refractivity contribution in [1.82, 2.24) is 20.0 Å². The van der Waals surface area contributed by atoms with E-state index in [4.69, 9.17) is 0 Å². The van der Waals surface area contributed by atoms with Gasteiger partial charge in [-0.05, 0) is 31.9 Å². The Morgan fingerprint density at radius 2 is 1.96 bits per heavy atom. The molecule has 2 aliphatic rings. The van der Waals surface area contributed by atoms with Crippen LogP contribution < -0.4 is 10.9 Å². The predicted octanol–water partition coefficient (Wildman–Crippen LogP) is 1.29. The summed E-state index contributed by atoms with van der Waals surface area (Å²) in [6.07, 6.45) is 4.62. The summed E-state index contributed by atoms with van der Waals surface area (Å²) in [4.78, 5) is 27.5. The van der Waals surface area contributed by atoms with Gasteiger partial charge in [-0.1, -0.05) is 24.6 Å². The number of fused-ring (bicyclic) bond motifs is 2. The number of aryl methyl sites for hydroxylation is 1. The topological polar surface area (TPSA) is 67.2 Å². The van der Waals surface area contributed by atoms with Gasteiger partial charge < -0.3 is 5.32 Å². The van der Waals surface area contributed by atoms with Crippen LogP contribution in [0.15, 0.2) is 29.1 Å². The van der Waals surface area contributed by atoms with Gasteiger partial charge in [-0.25, -0.2) is 4.68 Å². The van der Waals surface area contributed by atoms with E-state index in [1.165, 1.54) is 17.5 Å². The quantitative estimate of drug-likeness (QED) is 0.903. The number of hydrogen-bond acceptors (Lipinski definition) is 4. The molecule has 3 heterocycles. The number of benzene rings is 1. The second-order valence-corrected chi connectivity index (χ2v) is 6.79. The summed E-state index contributed by atoms with van der Waals surface area (Å²) in [7, 11) is 1.59. The van der Waals surface area contributed by atoms with Crippen molar-refractivity contribution in [3.63, 3.8) is 0 Å². The summed E-state index contributed by atoms with van der Waals surface area (Å²) < 4.78 is 1.25. The summed E-state index contributed by atoms with van der Waals surface area (Å²) in [6, 6.07) is 7.80. The Kier molecular flexibility index (Phi) is 3.84. The van der Waals surface area contributed by atoms with E-state index in [0.29, 0.717) is 22.5 Å². The van der Waals surface area contributed by atoms with E-state index in [2.05, 4.69) is 15.3 Å². The van der Waals surface area contributed by atoms with Crippen LogP contribution in [0.3, 0.4) is 0 Å². The molecule has 2 unspecified atom stereocenters. The van der Waals surface area contributed by atoms with Crippen molar-refractivity contribution in [3.8, 4) is 0 Å². The number of piperidine rings is 1. The maximum absolute atomic E-state index is 12.8. The molecule has 2 aromatic rings. The first-order valence-electron chi connectivity index (χ1n) is 8.66. The molecule has 24 heavy (non-hydrogen) atoms. The van der Waals surface area contributed by atoms with Gasteiger partial charge in [0.05, 0.1) is 5.39 Å². The summed E-state index contributed by atoms with van der Waals surface area (Å²) in [5.74, 6) is -0.181. The molecule has 0 spiro atoms. The number of carbonyl (C=O) groups is 1. The molecule has 0 saturated carbocycles. The van der Waals surface area contributed by atoms with Crippen LogP contribution in [0, 0.1) is 0 Å². The van der Waals surface area contributed by atoms with Crippen molar-refractivity contribution in [1.29, 1.82) is 0 Å². The van der Waals surface area contributed by atoms with Gasteiger partial charge in [0.1, 0.15) is 0 Å². The Balaban J connectivity index is 1.64. The van der Waals surface area contributed by atoms with E-state index in [1.54, 1.807) is 19.2 Å². The van der Waals surface area contributed by atoms with E-state index < -0.39 is 0 Å². The fourth-order valence-electron chi connectivity index (χ4n) is 4.12. The van der Waals surface area contributed by atoms with Crippen molar-refractivity contribution in [2.45, 2.75) is 37.8 Å². The maximum Gasteiger partial charge on any atom is 0.274 e. The van der Waals surface area contributed by atoms with E-state index >= 15 is 0 Å². The lowest BCUT2D eigenvalue weighted by Crippen LogP contribution is -2.47. The van der Waals surface area contributed by atoms with Gasteiger partial charge in [0, 0.05) is 31.1 Å². The Labute approximate surface area is 140 Å². The van der Waals surface area contributed by atoms with Crippen LogP contribution in [0.2, 0.25) is 0 Å². The minimum Gasteiger partial charge on any atom is -0.346 e. The van der Waals surface area contributed by atoms with Crippen LogP contribution in [0.4, 0.5) is 0 Å². The molecule has 1 aromatic carbocycles.